The molecule has 1 aromatic rings. The van der Waals surface area contributed by atoms with Gasteiger partial charge in [0.1, 0.15) is 5.44 Å². The molecule has 0 amide bonds. The van der Waals surface area contributed by atoms with Gasteiger partial charge in [0, 0.05) is 0 Å². The number of nitrogens with one attached hydrogen (secondary N) is 1. The Kier molecular flexibility index (Phi) is 3.66. The number of rotatable bonds is 5. The van der Waals surface area contributed by atoms with Gasteiger partial charge in [0.05, 0.1) is 25.7 Å². The van der Waals surface area contributed by atoms with Crippen LogP contribution in [0.15, 0.2) is 12.5 Å². The number of hydrogen-bond donors (Lipinski definition) is 1. The number of nitrogens with zero attached hydrogens (tertiary/aromatic N) is 1. The van der Waals surface area contributed by atoms with E-state index in [4.69, 9.17) is 9.05 Å². The first-order valence-electron chi connectivity index (χ1n) is 4.11. The van der Waals surface area contributed by atoms with Crippen molar-refractivity contribution >= 4 is 13.0 Å². The molecule has 0 bridgehead atoms. The van der Waals surface area contributed by atoms with Crippen molar-refractivity contribution in [2.45, 2.75) is 13.8 Å². The molecule has 0 aliphatic rings. The molecule has 0 aliphatic heterocycles. The number of aromatic nitrogens is 2. The Labute approximate surface area is 77.0 Å². The van der Waals surface area contributed by atoms with Crippen molar-refractivity contribution in [3.8, 4) is 0 Å². The molecule has 1 aromatic heterocycles. The summed E-state index contributed by atoms with van der Waals surface area (Å²) in [5.41, 5.74) is 0.399. The second-order valence-corrected chi connectivity index (χ2v) is 4.26. The van der Waals surface area contributed by atoms with Gasteiger partial charge in [-0.15, -0.1) is 0 Å². The van der Waals surface area contributed by atoms with Crippen molar-refractivity contribution in [3.63, 3.8) is 0 Å². The van der Waals surface area contributed by atoms with Crippen molar-refractivity contribution in [3.05, 3.63) is 12.5 Å². The number of hydrogen-bond acceptors (Lipinski definition) is 4. The van der Waals surface area contributed by atoms with Gasteiger partial charge < -0.3 is 14.0 Å². The average Bonchev–Trinajstić information content (AvgIpc) is 2.57. The van der Waals surface area contributed by atoms with Gasteiger partial charge in [0.25, 0.3) is 0 Å². The summed E-state index contributed by atoms with van der Waals surface area (Å²) in [6.07, 6.45) is 2.89. The summed E-state index contributed by atoms with van der Waals surface area (Å²) in [5, 5.41) is 0. The molecule has 1 rings (SSSR count). The lowest BCUT2D eigenvalue weighted by Crippen LogP contribution is -2.11. The second-order valence-electron chi connectivity index (χ2n) is 2.27. The fourth-order valence-electron chi connectivity index (χ4n) is 0.915. The van der Waals surface area contributed by atoms with Crippen molar-refractivity contribution in [2.75, 3.05) is 13.2 Å². The van der Waals surface area contributed by atoms with Gasteiger partial charge in [-0.2, -0.15) is 0 Å². The van der Waals surface area contributed by atoms with Gasteiger partial charge in [-0.3, -0.25) is 4.57 Å². The lowest BCUT2D eigenvalue weighted by atomic mass is 10.9. The van der Waals surface area contributed by atoms with Gasteiger partial charge in [0.2, 0.25) is 0 Å². The van der Waals surface area contributed by atoms with E-state index in [0.717, 1.165) is 0 Å². The van der Waals surface area contributed by atoms with Crippen LogP contribution >= 0.6 is 7.60 Å². The van der Waals surface area contributed by atoms with Gasteiger partial charge >= 0.3 is 7.60 Å². The smallest absolute Gasteiger partial charge is 0.338 e. The molecule has 74 valence electrons. The number of imidazole rings is 1. The van der Waals surface area contributed by atoms with Crippen LogP contribution in [0.3, 0.4) is 0 Å². The van der Waals surface area contributed by atoms with Crippen LogP contribution < -0.4 is 5.44 Å². The molecule has 0 atom stereocenters. The summed E-state index contributed by atoms with van der Waals surface area (Å²) in [5.74, 6) is 0. The molecule has 0 radical (unpaired) electrons. The SMILES string of the molecule is CCOP(=O)(OCC)c1cnc[nH]1. The number of H-pyrrole nitrogens is 1. The predicted molar refractivity (Wildman–Crippen MR) is 49.1 cm³/mol. The van der Waals surface area contributed by atoms with E-state index in [0.29, 0.717) is 18.6 Å². The minimum atomic E-state index is -3.14. The first-order chi connectivity index (χ1) is 6.23. The Morgan fingerprint density at radius 1 is 1.46 bits per heavy atom. The van der Waals surface area contributed by atoms with Crippen molar-refractivity contribution in [2.24, 2.45) is 0 Å². The van der Waals surface area contributed by atoms with Crippen molar-refractivity contribution in [1.29, 1.82) is 0 Å². The molecule has 1 N–H and O–H groups in total. The van der Waals surface area contributed by atoms with Crippen LogP contribution in [0.4, 0.5) is 0 Å². The molecular formula is C7H13N2O3P. The quantitative estimate of drug-likeness (QED) is 0.734. The monoisotopic (exact) mass is 204 g/mol. The third-order valence-corrected chi connectivity index (χ3v) is 3.41. The Morgan fingerprint density at radius 3 is 2.46 bits per heavy atom. The Bertz CT molecular complexity index is 276. The lowest BCUT2D eigenvalue weighted by Gasteiger charge is -2.14. The molecule has 6 heteroatoms. The van der Waals surface area contributed by atoms with Crippen LogP contribution in [0, 0.1) is 0 Å². The van der Waals surface area contributed by atoms with Crippen LogP contribution in [-0.2, 0) is 13.6 Å². The maximum atomic E-state index is 12.0. The van der Waals surface area contributed by atoms with Crippen LogP contribution in [0.25, 0.3) is 0 Å². The average molecular weight is 204 g/mol. The fourth-order valence-corrected chi connectivity index (χ4v) is 2.37. The third kappa shape index (κ3) is 2.40. The van der Waals surface area contributed by atoms with Gasteiger partial charge in [-0.1, -0.05) is 0 Å². The first kappa shape index (κ1) is 10.4. The Hall–Kier alpha value is -0.640. The molecule has 0 fully saturated rings. The molecule has 0 unspecified atom stereocenters. The summed E-state index contributed by atoms with van der Waals surface area (Å²) in [6, 6.07) is 0. The molecule has 1 heterocycles. The summed E-state index contributed by atoms with van der Waals surface area (Å²) in [4.78, 5) is 6.49. The van der Waals surface area contributed by atoms with Gasteiger partial charge in [-0.05, 0) is 13.8 Å². The lowest BCUT2D eigenvalue weighted by molar-refractivity contribution is 0.229. The van der Waals surface area contributed by atoms with E-state index in [1.165, 1.54) is 12.5 Å². The van der Waals surface area contributed by atoms with E-state index >= 15 is 0 Å². The topological polar surface area (TPSA) is 64.2 Å². The van der Waals surface area contributed by atoms with Crippen LogP contribution in [-0.4, -0.2) is 23.2 Å². The van der Waals surface area contributed by atoms with Crippen LogP contribution in [0.1, 0.15) is 13.8 Å². The molecule has 0 aliphatic carbocycles. The Balaban J connectivity index is 2.85. The highest BCUT2D eigenvalue weighted by atomic mass is 31.2. The summed E-state index contributed by atoms with van der Waals surface area (Å²) in [7, 11) is -3.14. The normalized spacial score (nSPS) is 11.8. The molecular weight excluding hydrogens is 191 g/mol. The maximum absolute atomic E-state index is 12.0. The first-order valence-corrected chi connectivity index (χ1v) is 5.65. The van der Waals surface area contributed by atoms with E-state index in [9.17, 15) is 4.57 Å². The minimum absolute atomic E-state index is 0.344. The van der Waals surface area contributed by atoms with E-state index in [2.05, 4.69) is 9.97 Å². The predicted octanol–water partition coefficient (Wildman–Crippen LogP) is 1.30. The zero-order valence-electron chi connectivity index (χ0n) is 7.69. The minimum Gasteiger partial charge on any atom is -0.338 e. The molecule has 0 saturated heterocycles. The summed E-state index contributed by atoms with van der Waals surface area (Å²) < 4.78 is 22.1. The molecule has 5 nitrogen and oxygen atoms in total. The molecule has 13 heavy (non-hydrogen) atoms. The van der Waals surface area contributed by atoms with E-state index in [-0.39, 0.29) is 0 Å². The van der Waals surface area contributed by atoms with Crippen molar-refractivity contribution < 1.29 is 13.6 Å². The zero-order chi connectivity index (χ0) is 9.73. The number of aromatic amines is 1. The fraction of sp³-hybridized carbons (Fsp3) is 0.571. The highest BCUT2D eigenvalue weighted by molar-refractivity contribution is 7.61. The van der Waals surface area contributed by atoms with E-state index < -0.39 is 7.60 Å². The van der Waals surface area contributed by atoms with Crippen LogP contribution in [0.2, 0.25) is 0 Å². The second kappa shape index (κ2) is 4.56. The molecule has 0 spiro atoms. The van der Waals surface area contributed by atoms with E-state index in [1.54, 1.807) is 13.8 Å². The largest absolute Gasteiger partial charge is 0.379 e. The van der Waals surface area contributed by atoms with Crippen molar-refractivity contribution in [1.82, 2.24) is 9.97 Å². The molecule has 0 aromatic carbocycles. The maximum Gasteiger partial charge on any atom is 0.379 e. The van der Waals surface area contributed by atoms with Gasteiger partial charge in [0.15, 0.2) is 0 Å². The third-order valence-electron chi connectivity index (χ3n) is 1.38. The highest BCUT2D eigenvalue weighted by Gasteiger charge is 2.27. The summed E-state index contributed by atoms with van der Waals surface area (Å²) >= 11 is 0. The highest BCUT2D eigenvalue weighted by Crippen LogP contribution is 2.45. The zero-order valence-corrected chi connectivity index (χ0v) is 8.58. The van der Waals surface area contributed by atoms with Gasteiger partial charge in [-0.25, -0.2) is 4.98 Å². The molecule has 0 saturated carbocycles. The Morgan fingerprint density at radius 2 is 2.08 bits per heavy atom. The standard InChI is InChI=1S/C7H13N2O3P/c1-3-11-13(10,12-4-2)7-5-8-6-9-7/h5-6H,3-4H2,1-2H3,(H,8,9). The van der Waals surface area contributed by atoms with Crippen LogP contribution in [0.5, 0.6) is 0 Å². The van der Waals surface area contributed by atoms with E-state index in [1.807, 2.05) is 0 Å². The summed E-state index contributed by atoms with van der Waals surface area (Å²) in [6.45, 7) is 4.22.